The van der Waals surface area contributed by atoms with Crippen LogP contribution in [0.2, 0.25) is 0 Å². The molecule has 20 heavy (non-hydrogen) atoms. The molecule has 0 aliphatic rings. The van der Waals surface area contributed by atoms with Crippen molar-refractivity contribution in [3.8, 4) is 0 Å². The van der Waals surface area contributed by atoms with Gasteiger partial charge in [0.2, 0.25) is 0 Å². The lowest BCUT2D eigenvalue weighted by Crippen LogP contribution is -2.38. The minimum atomic E-state index is -1.06. The Morgan fingerprint density at radius 1 is 1.45 bits per heavy atom. The van der Waals surface area contributed by atoms with Gasteiger partial charge in [-0.25, -0.2) is 9.59 Å². The van der Waals surface area contributed by atoms with E-state index in [1.165, 1.54) is 31.2 Å². The summed E-state index contributed by atoms with van der Waals surface area (Å²) in [5, 5.41) is 20.9. The van der Waals surface area contributed by atoms with Crippen LogP contribution in [-0.4, -0.2) is 60.5 Å². The molecular weight excluding hydrogens is 264 g/mol. The first-order valence-electron chi connectivity index (χ1n) is 5.96. The van der Waals surface area contributed by atoms with E-state index in [0.29, 0.717) is 5.69 Å². The third-order valence-electron chi connectivity index (χ3n) is 2.55. The Hall–Kier alpha value is -2.12. The maximum absolute atomic E-state index is 11.8. The van der Waals surface area contributed by atoms with Gasteiger partial charge in [-0.15, -0.1) is 0 Å². The van der Waals surface area contributed by atoms with Gasteiger partial charge < -0.3 is 25.2 Å². The van der Waals surface area contributed by atoms with E-state index in [-0.39, 0.29) is 18.7 Å². The lowest BCUT2D eigenvalue weighted by molar-refractivity contribution is 0.0501. The minimum Gasteiger partial charge on any atom is -0.478 e. The van der Waals surface area contributed by atoms with E-state index in [2.05, 4.69) is 5.32 Å². The number of hydrogen-bond donors (Lipinski definition) is 3. The first-order chi connectivity index (χ1) is 9.43. The first-order valence-corrected chi connectivity index (χ1v) is 5.96. The van der Waals surface area contributed by atoms with E-state index >= 15 is 0 Å². The number of likely N-dealkylation sites (N-methyl/N-ethyl adjacent to an activating group) is 1. The summed E-state index contributed by atoms with van der Waals surface area (Å²) in [7, 11) is 2.98. The average Bonchev–Trinajstić information content (AvgIpc) is 2.39. The number of aliphatic hydroxyl groups is 1. The molecule has 0 fully saturated rings. The minimum absolute atomic E-state index is 0.0878. The molecule has 2 amide bonds. The first kappa shape index (κ1) is 15.9. The molecule has 1 aromatic carbocycles. The lowest BCUT2D eigenvalue weighted by Gasteiger charge is -2.21. The molecule has 0 heterocycles. The molecule has 1 atom stereocenters. The van der Waals surface area contributed by atoms with Gasteiger partial charge in [0.25, 0.3) is 0 Å². The zero-order chi connectivity index (χ0) is 15.1. The van der Waals surface area contributed by atoms with E-state index in [1.54, 1.807) is 12.1 Å². The van der Waals surface area contributed by atoms with Crippen molar-refractivity contribution >= 4 is 17.7 Å². The van der Waals surface area contributed by atoms with E-state index in [9.17, 15) is 14.7 Å². The summed E-state index contributed by atoms with van der Waals surface area (Å²) in [5.41, 5.74) is 0.466. The van der Waals surface area contributed by atoms with Crippen molar-refractivity contribution in [1.29, 1.82) is 0 Å². The topological polar surface area (TPSA) is 99.1 Å². The van der Waals surface area contributed by atoms with Crippen LogP contribution < -0.4 is 5.32 Å². The van der Waals surface area contributed by atoms with Crippen LogP contribution in [-0.2, 0) is 4.74 Å². The maximum atomic E-state index is 11.8. The quantitative estimate of drug-likeness (QED) is 0.718. The second kappa shape index (κ2) is 7.46. The SMILES string of the molecule is COCC(O)CN(C)C(=O)Nc1cccc(C(=O)O)c1. The van der Waals surface area contributed by atoms with Gasteiger partial charge in [-0.3, -0.25) is 0 Å². The van der Waals surface area contributed by atoms with Crippen LogP contribution >= 0.6 is 0 Å². The number of amides is 2. The largest absolute Gasteiger partial charge is 0.478 e. The summed E-state index contributed by atoms with van der Waals surface area (Å²) < 4.78 is 4.77. The zero-order valence-electron chi connectivity index (χ0n) is 11.4. The number of carboxylic acids is 1. The number of carbonyl (C=O) groups is 2. The summed E-state index contributed by atoms with van der Waals surface area (Å²) in [6.07, 6.45) is -0.777. The molecule has 0 bridgehead atoms. The van der Waals surface area contributed by atoms with Crippen molar-refractivity contribution in [1.82, 2.24) is 4.90 Å². The van der Waals surface area contributed by atoms with Crippen LogP contribution in [0.5, 0.6) is 0 Å². The van der Waals surface area contributed by atoms with E-state index < -0.39 is 18.1 Å². The van der Waals surface area contributed by atoms with Crippen molar-refractivity contribution in [2.24, 2.45) is 0 Å². The lowest BCUT2D eigenvalue weighted by atomic mass is 10.2. The Morgan fingerprint density at radius 3 is 2.75 bits per heavy atom. The molecule has 1 aromatic rings. The van der Waals surface area contributed by atoms with E-state index in [0.717, 1.165) is 0 Å². The normalized spacial score (nSPS) is 11.8. The molecule has 0 aliphatic carbocycles. The van der Waals surface area contributed by atoms with Crippen molar-refractivity contribution in [2.45, 2.75) is 6.10 Å². The number of nitrogens with zero attached hydrogens (tertiary/aromatic N) is 1. The third kappa shape index (κ3) is 4.87. The summed E-state index contributed by atoms with van der Waals surface area (Å²) >= 11 is 0. The van der Waals surface area contributed by atoms with Crippen LogP contribution in [0.4, 0.5) is 10.5 Å². The maximum Gasteiger partial charge on any atom is 0.335 e. The zero-order valence-corrected chi connectivity index (χ0v) is 11.4. The number of rotatable bonds is 6. The number of nitrogens with one attached hydrogen (secondary N) is 1. The van der Waals surface area contributed by atoms with Crippen LogP contribution in [0.1, 0.15) is 10.4 Å². The fraction of sp³-hybridized carbons (Fsp3) is 0.385. The Morgan fingerprint density at radius 2 is 2.15 bits per heavy atom. The monoisotopic (exact) mass is 282 g/mol. The number of aromatic carboxylic acids is 1. The fourth-order valence-corrected chi connectivity index (χ4v) is 1.59. The standard InChI is InChI=1S/C13H18N2O5/c1-15(7-11(16)8-20-2)13(19)14-10-5-3-4-9(6-10)12(17)18/h3-6,11,16H,7-8H2,1-2H3,(H,14,19)(H,17,18). The number of ether oxygens (including phenoxy) is 1. The molecule has 110 valence electrons. The molecule has 3 N–H and O–H groups in total. The third-order valence-corrected chi connectivity index (χ3v) is 2.55. The number of carbonyl (C=O) groups excluding carboxylic acids is 1. The molecular formula is C13H18N2O5. The highest BCUT2D eigenvalue weighted by Gasteiger charge is 2.14. The van der Waals surface area contributed by atoms with E-state index in [4.69, 9.17) is 9.84 Å². The van der Waals surface area contributed by atoms with Crippen molar-refractivity contribution < 1.29 is 24.5 Å². The molecule has 0 radical (unpaired) electrons. The smallest absolute Gasteiger partial charge is 0.335 e. The van der Waals surface area contributed by atoms with Gasteiger partial charge in [-0.05, 0) is 18.2 Å². The van der Waals surface area contributed by atoms with Crippen LogP contribution in [0.25, 0.3) is 0 Å². The highest BCUT2D eigenvalue weighted by atomic mass is 16.5. The second-order valence-electron chi connectivity index (χ2n) is 4.31. The summed E-state index contributed by atoms with van der Waals surface area (Å²) in [6.45, 7) is 0.240. The van der Waals surface area contributed by atoms with Crippen LogP contribution in [0, 0.1) is 0 Å². The number of carboxylic acid groups (broad SMARTS) is 1. The molecule has 7 nitrogen and oxygen atoms in total. The van der Waals surface area contributed by atoms with Crippen molar-refractivity contribution in [3.63, 3.8) is 0 Å². The highest BCUT2D eigenvalue weighted by Crippen LogP contribution is 2.11. The Labute approximate surface area is 116 Å². The van der Waals surface area contributed by atoms with Gasteiger partial charge in [0.15, 0.2) is 0 Å². The van der Waals surface area contributed by atoms with Crippen molar-refractivity contribution in [2.75, 3.05) is 32.6 Å². The molecule has 7 heteroatoms. The summed E-state index contributed by atoms with van der Waals surface area (Å²) in [5.74, 6) is -1.06. The number of benzene rings is 1. The number of hydrogen-bond acceptors (Lipinski definition) is 4. The van der Waals surface area contributed by atoms with Gasteiger partial charge in [0, 0.05) is 19.8 Å². The van der Waals surface area contributed by atoms with Gasteiger partial charge >= 0.3 is 12.0 Å². The highest BCUT2D eigenvalue weighted by molar-refractivity contribution is 5.93. The average molecular weight is 282 g/mol. The number of anilines is 1. The number of urea groups is 1. The molecule has 0 aromatic heterocycles. The van der Waals surface area contributed by atoms with Gasteiger partial charge in [0.05, 0.1) is 24.8 Å². The molecule has 0 spiro atoms. The van der Waals surface area contributed by atoms with Gasteiger partial charge in [0.1, 0.15) is 0 Å². The summed E-state index contributed by atoms with van der Waals surface area (Å²) in [4.78, 5) is 24.0. The number of aliphatic hydroxyl groups excluding tert-OH is 1. The predicted molar refractivity (Wildman–Crippen MR) is 72.9 cm³/mol. The Kier molecular flexibility index (Phi) is 5.95. The van der Waals surface area contributed by atoms with Crippen LogP contribution in [0.3, 0.4) is 0 Å². The molecule has 0 saturated heterocycles. The van der Waals surface area contributed by atoms with Crippen LogP contribution in [0.15, 0.2) is 24.3 Å². The Bertz CT molecular complexity index is 478. The fourth-order valence-electron chi connectivity index (χ4n) is 1.59. The van der Waals surface area contributed by atoms with Crippen molar-refractivity contribution in [3.05, 3.63) is 29.8 Å². The molecule has 0 saturated carbocycles. The molecule has 1 unspecified atom stereocenters. The number of methoxy groups -OCH3 is 1. The predicted octanol–water partition coefficient (Wildman–Crippen LogP) is 0.856. The molecule has 1 rings (SSSR count). The second-order valence-corrected chi connectivity index (χ2v) is 4.31. The Balaban J connectivity index is 2.61. The molecule has 0 aliphatic heterocycles. The van der Waals surface area contributed by atoms with Gasteiger partial charge in [-0.2, -0.15) is 0 Å². The van der Waals surface area contributed by atoms with E-state index in [1.807, 2.05) is 0 Å². The van der Waals surface area contributed by atoms with Gasteiger partial charge in [-0.1, -0.05) is 6.07 Å². The summed E-state index contributed by atoms with van der Waals surface area (Å²) in [6, 6.07) is 5.48.